The molecule has 2 aromatic carbocycles. The lowest BCUT2D eigenvalue weighted by atomic mass is 10.1. The van der Waals surface area contributed by atoms with Crippen LogP contribution in [0.5, 0.6) is 0 Å². The largest absolute Gasteiger partial charge is 0.326 e. The summed E-state index contributed by atoms with van der Waals surface area (Å²) in [6.07, 6.45) is 1.10. The average Bonchev–Trinajstić information content (AvgIpc) is 2.48. The minimum Gasteiger partial charge on any atom is -0.326 e. The highest BCUT2D eigenvalue weighted by Gasteiger charge is 2.05. The van der Waals surface area contributed by atoms with Crippen molar-refractivity contribution in [1.82, 2.24) is 0 Å². The van der Waals surface area contributed by atoms with Gasteiger partial charge in [-0.25, -0.2) is 0 Å². The summed E-state index contributed by atoms with van der Waals surface area (Å²) in [5, 5.41) is 11.7. The van der Waals surface area contributed by atoms with Crippen LogP contribution in [0.4, 0.5) is 5.69 Å². The summed E-state index contributed by atoms with van der Waals surface area (Å²) in [7, 11) is 0. The van der Waals surface area contributed by atoms with E-state index in [1.807, 2.05) is 38.1 Å². The molecule has 3 nitrogen and oxygen atoms in total. The second kappa shape index (κ2) is 6.71. The fraction of sp³-hybridized carbons (Fsp3) is 0.222. The lowest BCUT2D eigenvalue weighted by Crippen LogP contribution is -2.13. The van der Waals surface area contributed by atoms with E-state index < -0.39 is 0 Å². The molecule has 0 aromatic heterocycles. The standard InChI is InChI=1S/C18H18N2O/c1-13-3-9-17(14(2)11-13)20-18(21)10-8-15-4-6-16(12-19)7-5-15/h3-7,9,11H,8,10H2,1-2H3,(H,20,21). The Morgan fingerprint density at radius 1 is 1.14 bits per heavy atom. The Labute approximate surface area is 125 Å². The van der Waals surface area contributed by atoms with Gasteiger partial charge in [0.2, 0.25) is 5.91 Å². The van der Waals surface area contributed by atoms with Gasteiger partial charge in [0.25, 0.3) is 0 Å². The van der Waals surface area contributed by atoms with Crippen LogP contribution in [-0.2, 0) is 11.2 Å². The number of nitrogens with zero attached hydrogens (tertiary/aromatic N) is 1. The number of hydrogen-bond donors (Lipinski definition) is 1. The van der Waals surface area contributed by atoms with Crippen molar-refractivity contribution in [3.8, 4) is 6.07 Å². The lowest BCUT2D eigenvalue weighted by molar-refractivity contribution is -0.116. The van der Waals surface area contributed by atoms with Gasteiger partial charge in [-0.1, -0.05) is 29.8 Å². The zero-order chi connectivity index (χ0) is 15.2. The second-order valence-corrected chi connectivity index (χ2v) is 5.18. The van der Waals surface area contributed by atoms with Crippen LogP contribution in [0, 0.1) is 25.2 Å². The Morgan fingerprint density at radius 2 is 1.86 bits per heavy atom. The average molecular weight is 278 g/mol. The van der Waals surface area contributed by atoms with Gasteiger partial charge in [-0.05, 0) is 49.6 Å². The molecule has 0 unspecified atom stereocenters. The Balaban J connectivity index is 1.91. The Hall–Kier alpha value is -2.60. The van der Waals surface area contributed by atoms with Gasteiger partial charge < -0.3 is 5.32 Å². The maximum Gasteiger partial charge on any atom is 0.224 e. The summed E-state index contributed by atoms with van der Waals surface area (Å²) in [5.74, 6) is 0.00585. The van der Waals surface area contributed by atoms with E-state index in [1.54, 1.807) is 12.1 Å². The minimum absolute atomic E-state index is 0.00585. The summed E-state index contributed by atoms with van der Waals surface area (Å²) < 4.78 is 0. The highest BCUT2D eigenvalue weighted by atomic mass is 16.1. The molecule has 0 atom stereocenters. The number of carbonyl (C=O) groups excluding carboxylic acids is 1. The molecule has 0 spiro atoms. The quantitative estimate of drug-likeness (QED) is 0.926. The zero-order valence-electron chi connectivity index (χ0n) is 12.3. The zero-order valence-corrected chi connectivity index (χ0v) is 12.3. The molecule has 21 heavy (non-hydrogen) atoms. The van der Waals surface area contributed by atoms with Crippen molar-refractivity contribution in [2.45, 2.75) is 26.7 Å². The van der Waals surface area contributed by atoms with Crippen LogP contribution in [0.15, 0.2) is 42.5 Å². The fourth-order valence-corrected chi connectivity index (χ4v) is 2.17. The first-order chi connectivity index (χ1) is 10.1. The maximum absolute atomic E-state index is 12.0. The number of rotatable bonds is 4. The molecule has 2 rings (SSSR count). The number of aryl methyl sites for hydroxylation is 3. The van der Waals surface area contributed by atoms with Crippen molar-refractivity contribution in [2.24, 2.45) is 0 Å². The first-order valence-electron chi connectivity index (χ1n) is 6.94. The molecule has 0 aliphatic heterocycles. The Morgan fingerprint density at radius 3 is 2.48 bits per heavy atom. The summed E-state index contributed by atoms with van der Waals surface area (Å²) >= 11 is 0. The molecule has 2 aromatic rings. The van der Waals surface area contributed by atoms with Gasteiger partial charge in [0.15, 0.2) is 0 Å². The van der Waals surface area contributed by atoms with Crippen LogP contribution in [0.3, 0.4) is 0 Å². The van der Waals surface area contributed by atoms with E-state index >= 15 is 0 Å². The summed E-state index contributed by atoms with van der Waals surface area (Å²) in [6.45, 7) is 4.02. The van der Waals surface area contributed by atoms with Gasteiger partial charge in [-0.3, -0.25) is 4.79 Å². The fourth-order valence-electron chi connectivity index (χ4n) is 2.17. The maximum atomic E-state index is 12.0. The molecular weight excluding hydrogens is 260 g/mol. The molecule has 0 aliphatic carbocycles. The molecule has 1 amide bonds. The van der Waals surface area contributed by atoms with E-state index in [-0.39, 0.29) is 5.91 Å². The first kappa shape index (κ1) is 14.8. The van der Waals surface area contributed by atoms with Gasteiger partial charge >= 0.3 is 0 Å². The van der Waals surface area contributed by atoms with Crippen LogP contribution in [0.1, 0.15) is 28.7 Å². The van der Waals surface area contributed by atoms with Crippen LogP contribution in [0.2, 0.25) is 0 Å². The van der Waals surface area contributed by atoms with Gasteiger partial charge in [-0.2, -0.15) is 5.26 Å². The molecule has 0 radical (unpaired) electrons. The van der Waals surface area contributed by atoms with Crippen molar-refractivity contribution in [1.29, 1.82) is 5.26 Å². The van der Waals surface area contributed by atoms with Gasteiger partial charge in [0.05, 0.1) is 11.6 Å². The van der Waals surface area contributed by atoms with Gasteiger partial charge in [-0.15, -0.1) is 0 Å². The molecule has 0 bridgehead atoms. The molecule has 0 fully saturated rings. The SMILES string of the molecule is Cc1ccc(NC(=O)CCc2ccc(C#N)cc2)c(C)c1. The third-order valence-corrected chi connectivity index (χ3v) is 3.38. The van der Waals surface area contributed by atoms with Crippen LogP contribution in [-0.4, -0.2) is 5.91 Å². The van der Waals surface area contributed by atoms with Crippen LogP contribution >= 0.6 is 0 Å². The van der Waals surface area contributed by atoms with E-state index in [4.69, 9.17) is 5.26 Å². The van der Waals surface area contributed by atoms with E-state index in [0.717, 1.165) is 16.8 Å². The summed E-state index contributed by atoms with van der Waals surface area (Å²) in [5.41, 5.74) is 4.82. The van der Waals surface area contributed by atoms with Gasteiger partial charge in [0, 0.05) is 12.1 Å². The molecular formula is C18H18N2O. The predicted molar refractivity (Wildman–Crippen MR) is 84.0 cm³/mol. The summed E-state index contributed by atoms with van der Waals surface area (Å²) in [4.78, 5) is 12.0. The van der Waals surface area contributed by atoms with E-state index in [9.17, 15) is 4.79 Å². The van der Waals surface area contributed by atoms with Crippen molar-refractivity contribution in [3.63, 3.8) is 0 Å². The normalized spacial score (nSPS) is 9.95. The molecule has 1 N–H and O–H groups in total. The minimum atomic E-state index is 0.00585. The van der Waals surface area contributed by atoms with E-state index in [2.05, 4.69) is 17.5 Å². The molecule has 106 valence electrons. The number of nitrogens with one attached hydrogen (secondary N) is 1. The summed E-state index contributed by atoms with van der Waals surface area (Å²) in [6, 6.07) is 15.4. The van der Waals surface area contributed by atoms with Crippen LogP contribution < -0.4 is 5.32 Å². The number of carbonyl (C=O) groups is 1. The number of anilines is 1. The van der Waals surface area contributed by atoms with Crippen molar-refractivity contribution < 1.29 is 4.79 Å². The third-order valence-electron chi connectivity index (χ3n) is 3.38. The monoisotopic (exact) mass is 278 g/mol. The van der Waals surface area contributed by atoms with E-state index in [0.29, 0.717) is 18.4 Å². The molecule has 0 heterocycles. The predicted octanol–water partition coefficient (Wildman–Crippen LogP) is 3.75. The van der Waals surface area contributed by atoms with Gasteiger partial charge in [0.1, 0.15) is 0 Å². The third kappa shape index (κ3) is 4.19. The smallest absolute Gasteiger partial charge is 0.224 e. The second-order valence-electron chi connectivity index (χ2n) is 5.18. The van der Waals surface area contributed by atoms with Crippen molar-refractivity contribution in [2.75, 3.05) is 5.32 Å². The Kier molecular flexibility index (Phi) is 4.73. The molecule has 0 saturated heterocycles. The topological polar surface area (TPSA) is 52.9 Å². The van der Waals surface area contributed by atoms with E-state index in [1.165, 1.54) is 5.56 Å². The Bertz CT molecular complexity index is 681. The highest BCUT2D eigenvalue weighted by Crippen LogP contribution is 2.16. The van der Waals surface area contributed by atoms with Crippen molar-refractivity contribution >= 4 is 11.6 Å². The highest BCUT2D eigenvalue weighted by molar-refractivity contribution is 5.91. The van der Waals surface area contributed by atoms with Crippen molar-refractivity contribution in [3.05, 3.63) is 64.7 Å². The number of hydrogen-bond acceptors (Lipinski definition) is 2. The number of amides is 1. The molecule has 3 heteroatoms. The number of benzene rings is 2. The number of nitriles is 1. The first-order valence-corrected chi connectivity index (χ1v) is 6.94. The molecule has 0 aliphatic rings. The lowest BCUT2D eigenvalue weighted by Gasteiger charge is -2.09. The van der Waals surface area contributed by atoms with Crippen LogP contribution in [0.25, 0.3) is 0 Å². The molecule has 0 saturated carbocycles.